The summed E-state index contributed by atoms with van der Waals surface area (Å²) in [4.78, 5) is 13.9. The Morgan fingerprint density at radius 2 is 2.06 bits per heavy atom. The van der Waals surface area contributed by atoms with E-state index in [1.54, 1.807) is 7.05 Å². The summed E-state index contributed by atoms with van der Waals surface area (Å²) >= 11 is 0. The van der Waals surface area contributed by atoms with E-state index >= 15 is 0 Å². The second kappa shape index (κ2) is 4.34. The van der Waals surface area contributed by atoms with Gasteiger partial charge in [-0.2, -0.15) is 0 Å². The Morgan fingerprint density at radius 3 is 2.38 bits per heavy atom. The molecular weight excluding hydrogens is 204 g/mol. The fourth-order valence-electron chi connectivity index (χ4n) is 2.60. The van der Waals surface area contributed by atoms with Crippen LogP contribution in [0.25, 0.3) is 0 Å². The topological polar surface area (TPSA) is 52.6 Å². The third-order valence-corrected chi connectivity index (χ3v) is 4.02. The van der Waals surface area contributed by atoms with Crippen molar-refractivity contribution in [2.75, 3.05) is 20.1 Å². The number of carboxylic acids is 1. The molecule has 4 heteroatoms. The standard InChI is InChI=1S/C12H22N2O2/c1-3-14(10-6-7-10)8-12(13-2,11(15)16)9-4-5-9/h9-10,13H,3-8H2,1-2H3,(H,15,16). The summed E-state index contributed by atoms with van der Waals surface area (Å²) in [5.41, 5.74) is -0.710. The molecule has 2 aliphatic rings. The Labute approximate surface area is 97.0 Å². The predicted octanol–water partition coefficient (Wildman–Crippen LogP) is 0.923. The second-order valence-corrected chi connectivity index (χ2v) is 5.10. The number of aliphatic carboxylic acids is 1. The third-order valence-electron chi connectivity index (χ3n) is 4.02. The molecule has 2 rings (SSSR count). The summed E-state index contributed by atoms with van der Waals surface area (Å²) in [6.07, 6.45) is 4.57. The van der Waals surface area contributed by atoms with Crippen molar-refractivity contribution in [3.05, 3.63) is 0 Å². The van der Waals surface area contributed by atoms with Gasteiger partial charge in [-0.1, -0.05) is 6.92 Å². The number of likely N-dealkylation sites (N-methyl/N-ethyl adjacent to an activating group) is 2. The minimum Gasteiger partial charge on any atom is -0.480 e. The van der Waals surface area contributed by atoms with Gasteiger partial charge < -0.3 is 10.4 Å². The van der Waals surface area contributed by atoms with Gasteiger partial charge in [-0.3, -0.25) is 9.69 Å². The fourth-order valence-corrected chi connectivity index (χ4v) is 2.60. The number of hydrogen-bond acceptors (Lipinski definition) is 3. The van der Waals surface area contributed by atoms with Crippen molar-refractivity contribution in [3.63, 3.8) is 0 Å². The van der Waals surface area contributed by atoms with Crippen LogP contribution in [-0.4, -0.2) is 47.7 Å². The zero-order valence-corrected chi connectivity index (χ0v) is 10.2. The molecule has 0 spiro atoms. The van der Waals surface area contributed by atoms with Crippen molar-refractivity contribution >= 4 is 5.97 Å². The van der Waals surface area contributed by atoms with Crippen LogP contribution >= 0.6 is 0 Å². The van der Waals surface area contributed by atoms with Gasteiger partial charge in [0.05, 0.1) is 0 Å². The average molecular weight is 226 g/mol. The van der Waals surface area contributed by atoms with Gasteiger partial charge in [-0.25, -0.2) is 0 Å². The average Bonchev–Trinajstić information content (AvgIpc) is 3.11. The molecule has 2 N–H and O–H groups in total. The predicted molar refractivity (Wildman–Crippen MR) is 62.4 cm³/mol. The highest BCUT2D eigenvalue weighted by molar-refractivity contribution is 5.80. The first-order valence-electron chi connectivity index (χ1n) is 6.30. The molecule has 0 saturated heterocycles. The van der Waals surface area contributed by atoms with Crippen molar-refractivity contribution in [1.29, 1.82) is 0 Å². The van der Waals surface area contributed by atoms with Crippen LogP contribution in [0.5, 0.6) is 0 Å². The highest BCUT2D eigenvalue weighted by Crippen LogP contribution is 2.41. The number of carbonyl (C=O) groups is 1. The Hall–Kier alpha value is -0.610. The Bertz CT molecular complexity index is 274. The molecule has 0 aromatic carbocycles. The normalized spacial score (nSPS) is 24.4. The first-order valence-corrected chi connectivity index (χ1v) is 6.30. The molecule has 1 atom stereocenters. The largest absolute Gasteiger partial charge is 0.480 e. The number of nitrogens with zero attached hydrogens (tertiary/aromatic N) is 1. The molecule has 92 valence electrons. The zero-order chi connectivity index (χ0) is 11.8. The molecule has 2 saturated carbocycles. The molecule has 2 aliphatic carbocycles. The van der Waals surface area contributed by atoms with E-state index in [0.29, 0.717) is 18.5 Å². The SMILES string of the molecule is CCN(CC(NC)(C(=O)O)C1CC1)C1CC1. The van der Waals surface area contributed by atoms with Crippen molar-refractivity contribution in [2.24, 2.45) is 5.92 Å². The summed E-state index contributed by atoms with van der Waals surface area (Å²) in [6.45, 7) is 3.73. The highest BCUT2D eigenvalue weighted by Gasteiger charge is 2.52. The lowest BCUT2D eigenvalue weighted by atomic mass is 9.92. The minimum absolute atomic E-state index is 0.322. The number of nitrogens with one attached hydrogen (secondary N) is 1. The second-order valence-electron chi connectivity index (χ2n) is 5.10. The van der Waals surface area contributed by atoms with Crippen LogP contribution in [0.1, 0.15) is 32.6 Å². The maximum absolute atomic E-state index is 11.5. The number of carboxylic acid groups (broad SMARTS) is 1. The Kier molecular flexibility index (Phi) is 3.22. The van der Waals surface area contributed by atoms with E-state index in [1.165, 1.54) is 12.8 Å². The van der Waals surface area contributed by atoms with Gasteiger partial charge >= 0.3 is 5.97 Å². The Balaban J connectivity index is 2.08. The Morgan fingerprint density at radius 1 is 1.44 bits per heavy atom. The molecule has 0 aromatic heterocycles. The van der Waals surface area contributed by atoms with Crippen molar-refractivity contribution in [3.8, 4) is 0 Å². The van der Waals surface area contributed by atoms with Crippen LogP contribution in [0.4, 0.5) is 0 Å². The van der Waals surface area contributed by atoms with Gasteiger partial charge in [0.25, 0.3) is 0 Å². The van der Waals surface area contributed by atoms with Gasteiger partial charge in [0.15, 0.2) is 0 Å². The van der Waals surface area contributed by atoms with E-state index in [2.05, 4.69) is 17.1 Å². The molecule has 16 heavy (non-hydrogen) atoms. The molecule has 0 amide bonds. The first kappa shape index (κ1) is 11.9. The summed E-state index contributed by atoms with van der Waals surface area (Å²) in [5, 5.41) is 12.6. The van der Waals surface area contributed by atoms with Crippen LogP contribution in [0.3, 0.4) is 0 Å². The monoisotopic (exact) mass is 226 g/mol. The van der Waals surface area contributed by atoms with Crippen molar-refractivity contribution in [1.82, 2.24) is 10.2 Å². The van der Waals surface area contributed by atoms with Crippen LogP contribution in [0.2, 0.25) is 0 Å². The van der Waals surface area contributed by atoms with E-state index < -0.39 is 11.5 Å². The van der Waals surface area contributed by atoms with Gasteiger partial charge in [-0.15, -0.1) is 0 Å². The zero-order valence-electron chi connectivity index (χ0n) is 10.2. The van der Waals surface area contributed by atoms with Crippen LogP contribution in [-0.2, 0) is 4.79 Å². The van der Waals surface area contributed by atoms with E-state index in [9.17, 15) is 9.90 Å². The van der Waals surface area contributed by atoms with Gasteiger partial charge in [-0.05, 0) is 45.2 Å². The minimum atomic E-state index is -0.710. The summed E-state index contributed by atoms with van der Waals surface area (Å²) < 4.78 is 0. The van der Waals surface area contributed by atoms with Gasteiger partial charge in [0.2, 0.25) is 0 Å². The van der Waals surface area contributed by atoms with Crippen LogP contribution < -0.4 is 5.32 Å². The lowest BCUT2D eigenvalue weighted by Gasteiger charge is -2.35. The van der Waals surface area contributed by atoms with Crippen LogP contribution in [0, 0.1) is 5.92 Å². The third kappa shape index (κ3) is 2.09. The van der Waals surface area contributed by atoms with E-state index in [1.807, 2.05) is 0 Å². The molecular formula is C12H22N2O2. The molecule has 1 unspecified atom stereocenters. The number of rotatable bonds is 7. The maximum atomic E-state index is 11.5. The molecule has 0 radical (unpaired) electrons. The van der Waals surface area contributed by atoms with Crippen LogP contribution in [0.15, 0.2) is 0 Å². The van der Waals surface area contributed by atoms with Gasteiger partial charge in [0, 0.05) is 12.6 Å². The van der Waals surface area contributed by atoms with E-state index in [4.69, 9.17) is 0 Å². The smallest absolute Gasteiger partial charge is 0.325 e. The number of hydrogen-bond donors (Lipinski definition) is 2. The molecule has 4 nitrogen and oxygen atoms in total. The first-order chi connectivity index (χ1) is 7.64. The summed E-state index contributed by atoms with van der Waals surface area (Å²) in [5.74, 6) is -0.362. The van der Waals surface area contributed by atoms with Crippen molar-refractivity contribution < 1.29 is 9.90 Å². The fraction of sp³-hybridized carbons (Fsp3) is 0.917. The van der Waals surface area contributed by atoms with E-state index in [0.717, 1.165) is 19.4 Å². The van der Waals surface area contributed by atoms with Gasteiger partial charge in [0.1, 0.15) is 5.54 Å². The van der Waals surface area contributed by atoms with Crippen molar-refractivity contribution in [2.45, 2.75) is 44.2 Å². The lowest BCUT2D eigenvalue weighted by molar-refractivity contribution is -0.146. The molecule has 2 fully saturated rings. The summed E-state index contributed by atoms with van der Waals surface area (Å²) in [6, 6.07) is 0.635. The molecule has 0 aliphatic heterocycles. The molecule has 0 heterocycles. The summed E-state index contributed by atoms with van der Waals surface area (Å²) in [7, 11) is 1.78. The quantitative estimate of drug-likeness (QED) is 0.678. The lowest BCUT2D eigenvalue weighted by Crippen LogP contribution is -2.59. The highest BCUT2D eigenvalue weighted by atomic mass is 16.4. The maximum Gasteiger partial charge on any atom is 0.325 e. The van der Waals surface area contributed by atoms with E-state index in [-0.39, 0.29) is 0 Å². The molecule has 0 aromatic rings. The molecule has 0 bridgehead atoms.